The predicted molar refractivity (Wildman–Crippen MR) is 42.8 cm³/mol. The number of methoxy groups -OCH3 is 1. The van der Waals surface area contributed by atoms with Crippen molar-refractivity contribution in [2.75, 3.05) is 13.7 Å². The maximum absolute atomic E-state index is 10.4. The fourth-order valence-electron chi connectivity index (χ4n) is 0.820. The molecule has 4 N–H and O–H groups in total. The molecule has 11 heavy (non-hydrogen) atoms. The third kappa shape index (κ3) is 4.75. The van der Waals surface area contributed by atoms with Crippen LogP contribution in [0.1, 0.15) is 13.3 Å². The van der Waals surface area contributed by atoms with Gasteiger partial charge in [0.1, 0.15) is 0 Å². The Morgan fingerprint density at radius 3 is 2.55 bits per heavy atom. The van der Waals surface area contributed by atoms with Crippen LogP contribution in [0.15, 0.2) is 0 Å². The van der Waals surface area contributed by atoms with Crippen LogP contribution in [0.4, 0.5) is 0 Å². The zero-order chi connectivity index (χ0) is 8.85. The Bertz CT molecular complexity index is 128. The molecule has 0 radical (unpaired) electrons. The lowest BCUT2D eigenvalue weighted by Gasteiger charge is -2.16. The molecule has 0 aromatic carbocycles. The van der Waals surface area contributed by atoms with Crippen LogP contribution < -0.4 is 11.5 Å². The summed E-state index contributed by atoms with van der Waals surface area (Å²) in [5, 5.41) is 0. The summed E-state index contributed by atoms with van der Waals surface area (Å²) >= 11 is 0. The molecule has 0 aliphatic rings. The molecule has 2 atom stereocenters. The molecule has 0 aromatic heterocycles. The summed E-state index contributed by atoms with van der Waals surface area (Å²) in [6.07, 6.45) is 0.227. The van der Waals surface area contributed by atoms with Crippen LogP contribution in [0.2, 0.25) is 0 Å². The molecule has 0 heterocycles. The van der Waals surface area contributed by atoms with Gasteiger partial charge in [-0.05, 0) is 5.92 Å². The van der Waals surface area contributed by atoms with E-state index in [1.54, 1.807) is 7.11 Å². The zero-order valence-electron chi connectivity index (χ0n) is 7.04. The SMILES string of the molecule is COCC(C)[C@H](N)CC(N)=O. The van der Waals surface area contributed by atoms with Crippen LogP contribution in [0.25, 0.3) is 0 Å². The molecule has 0 aliphatic heterocycles. The Hall–Kier alpha value is -0.610. The number of hydrogen-bond donors (Lipinski definition) is 2. The monoisotopic (exact) mass is 160 g/mol. The van der Waals surface area contributed by atoms with Gasteiger partial charge in [0.05, 0.1) is 6.61 Å². The highest BCUT2D eigenvalue weighted by molar-refractivity contribution is 5.74. The van der Waals surface area contributed by atoms with E-state index in [0.29, 0.717) is 6.61 Å². The lowest BCUT2D eigenvalue weighted by atomic mass is 10.0. The van der Waals surface area contributed by atoms with E-state index in [1.807, 2.05) is 6.92 Å². The minimum absolute atomic E-state index is 0.174. The number of ether oxygens (including phenoxy) is 1. The van der Waals surface area contributed by atoms with Crippen molar-refractivity contribution in [3.8, 4) is 0 Å². The smallest absolute Gasteiger partial charge is 0.218 e. The molecular formula is C7H16N2O2. The maximum atomic E-state index is 10.4. The summed E-state index contributed by atoms with van der Waals surface area (Å²) < 4.78 is 4.87. The fourth-order valence-corrected chi connectivity index (χ4v) is 0.820. The molecule has 1 unspecified atom stereocenters. The topological polar surface area (TPSA) is 78.3 Å². The molecule has 1 amide bonds. The first kappa shape index (κ1) is 10.4. The number of hydrogen-bond acceptors (Lipinski definition) is 3. The van der Waals surface area contributed by atoms with E-state index >= 15 is 0 Å². The average molecular weight is 160 g/mol. The van der Waals surface area contributed by atoms with Gasteiger partial charge in [0.15, 0.2) is 0 Å². The summed E-state index contributed by atoms with van der Waals surface area (Å²) in [5.74, 6) is -0.187. The van der Waals surface area contributed by atoms with E-state index < -0.39 is 0 Å². The largest absolute Gasteiger partial charge is 0.384 e. The average Bonchev–Trinajstić information content (AvgIpc) is 1.86. The molecular weight excluding hydrogens is 144 g/mol. The number of carbonyl (C=O) groups excluding carboxylic acids is 1. The van der Waals surface area contributed by atoms with Gasteiger partial charge in [0.25, 0.3) is 0 Å². The molecule has 0 saturated heterocycles. The van der Waals surface area contributed by atoms with Crippen molar-refractivity contribution in [3.05, 3.63) is 0 Å². The number of nitrogens with two attached hydrogens (primary N) is 2. The van der Waals surface area contributed by atoms with Crippen molar-refractivity contribution in [1.82, 2.24) is 0 Å². The number of carbonyl (C=O) groups is 1. The molecule has 4 nitrogen and oxygen atoms in total. The second kappa shape index (κ2) is 5.09. The first-order valence-corrected chi connectivity index (χ1v) is 3.60. The van der Waals surface area contributed by atoms with Crippen LogP contribution in [0.5, 0.6) is 0 Å². The molecule has 0 saturated carbocycles. The molecule has 0 fully saturated rings. The van der Waals surface area contributed by atoms with Gasteiger partial charge in [0.2, 0.25) is 5.91 Å². The Morgan fingerprint density at radius 1 is 1.64 bits per heavy atom. The van der Waals surface area contributed by atoms with E-state index in [1.165, 1.54) is 0 Å². The van der Waals surface area contributed by atoms with Crippen molar-refractivity contribution >= 4 is 5.91 Å². The quantitative estimate of drug-likeness (QED) is 0.567. The van der Waals surface area contributed by atoms with Gasteiger partial charge in [-0.2, -0.15) is 0 Å². The number of rotatable bonds is 5. The van der Waals surface area contributed by atoms with Crippen molar-refractivity contribution in [2.45, 2.75) is 19.4 Å². The summed E-state index contributed by atoms with van der Waals surface area (Å²) in [6.45, 7) is 2.49. The number of primary amides is 1. The third-order valence-corrected chi connectivity index (χ3v) is 1.60. The second-order valence-corrected chi connectivity index (χ2v) is 2.77. The van der Waals surface area contributed by atoms with Gasteiger partial charge in [-0.1, -0.05) is 6.92 Å². The molecule has 0 spiro atoms. The van der Waals surface area contributed by atoms with Gasteiger partial charge in [-0.25, -0.2) is 0 Å². The van der Waals surface area contributed by atoms with Gasteiger partial charge in [-0.15, -0.1) is 0 Å². The first-order valence-electron chi connectivity index (χ1n) is 3.60. The molecule has 0 rings (SSSR count). The second-order valence-electron chi connectivity index (χ2n) is 2.77. The summed E-state index contributed by atoms with van der Waals surface area (Å²) in [4.78, 5) is 10.4. The highest BCUT2D eigenvalue weighted by atomic mass is 16.5. The van der Waals surface area contributed by atoms with Crippen molar-refractivity contribution in [3.63, 3.8) is 0 Å². The minimum Gasteiger partial charge on any atom is -0.384 e. The van der Waals surface area contributed by atoms with E-state index in [2.05, 4.69) is 0 Å². The highest BCUT2D eigenvalue weighted by Crippen LogP contribution is 2.03. The van der Waals surface area contributed by atoms with Crippen LogP contribution in [-0.2, 0) is 9.53 Å². The summed E-state index contributed by atoms with van der Waals surface area (Å²) in [5.41, 5.74) is 10.6. The maximum Gasteiger partial charge on any atom is 0.218 e. The van der Waals surface area contributed by atoms with Crippen molar-refractivity contribution < 1.29 is 9.53 Å². The highest BCUT2D eigenvalue weighted by Gasteiger charge is 2.14. The van der Waals surface area contributed by atoms with Crippen LogP contribution in [0.3, 0.4) is 0 Å². The molecule has 4 heteroatoms. The summed E-state index contributed by atoms with van der Waals surface area (Å²) in [6, 6.07) is -0.188. The van der Waals surface area contributed by atoms with E-state index in [4.69, 9.17) is 16.2 Å². The van der Waals surface area contributed by atoms with E-state index in [9.17, 15) is 4.79 Å². The van der Waals surface area contributed by atoms with Crippen LogP contribution in [-0.4, -0.2) is 25.7 Å². The molecule has 0 aliphatic carbocycles. The Labute approximate surface area is 66.9 Å². The summed E-state index contributed by atoms with van der Waals surface area (Å²) in [7, 11) is 1.60. The normalized spacial score (nSPS) is 15.9. The van der Waals surface area contributed by atoms with E-state index in [0.717, 1.165) is 0 Å². The lowest BCUT2D eigenvalue weighted by Crippen LogP contribution is -2.35. The fraction of sp³-hybridized carbons (Fsp3) is 0.857. The molecule has 66 valence electrons. The Kier molecular flexibility index (Phi) is 4.81. The number of amides is 1. The lowest BCUT2D eigenvalue weighted by molar-refractivity contribution is -0.118. The van der Waals surface area contributed by atoms with Crippen molar-refractivity contribution in [1.29, 1.82) is 0 Å². The van der Waals surface area contributed by atoms with Gasteiger partial charge < -0.3 is 16.2 Å². The minimum atomic E-state index is -0.361. The third-order valence-electron chi connectivity index (χ3n) is 1.60. The molecule has 0 aromatic rings. The predicted octanol–water partition coefficient (Wildman–Crippen LogP) is -0.528. The van der Waals surface area contributed by atoms with Crippen LogP contribution >= 0.6 is 0 Å². The van der Waals surface area contributed by atoms with Crippen molar-refractivity contribution in [2.24, 2.45) is 17.4 Å². The van der Waals surface area contributed by atoms with E-state index in [-0.39, 0.29) is 24.3 Å². The van der Waals surface area contributed by atoms with Gasteiger partial charge >= 0.3 is 0 Å². The molecule has 0 bridgehead atoms. The standard InChI is InChI=1S/C7H16N2O2/c1-5(4-11-2)6(8)3-7(9)10/h5-6H,3-4,8H2,1-2H3,(H2,9,10)/t5?,6-/m1/s1. The van der Waals surface area contributed by atoms with Gasteiger partial charge in [0, 0.05) is 19.6 Å². The first-order chi connectivity index (χ1) is 5.07. The van der Waals surface area contributed by atoms with Gasteiger partial charge in [-0.3, -0.25) is 4.79 Å². The zero-order valence-corrected chi connectivity index (χ0v) is 7.04. The Balaban J connectivity index is 3.63. The van der Waals surface area contributed by atoms with Crippen LogP contribution in [0, 0.1) is 5.92 Å². The Morgan fingerprint density at radius 2 is 2.18 bits per heavy atom.